The third-order valence-electron chi connectivity index (χ3n) is 5.41. The van der Waals surface area contributed by atoms with E-state index in [-0.39, 0.29) is 10.8 Å². The Bertz CT molecular complexity index is 932. The van der Waals surface area contributed by atoms with Gasteiger partial charge in [0.25, 0.3) is 0 Å². The number of ether oxygens (including phenoxy) is 1. The number of aryl methyl sites for hydroxylation is 1. The first-order valence-electron chi connectivity index (χ1n) is 9.28. The van der Waals surface area contributed by atoms with Gasteiger partial charge < -0.3 is 14.6 Å². The van der Waals surface area contributed by atoms with Crippen molar-refractivity contribution in [1.82, 2.24) is 24.4 Å². The lowest BCUT2D eigenvalue weighted by Gasteiger charge is -2.31. The number of hydrogen-bond acceptors (Lipinski definition) is 6. The summed E-state index contributed by atoms with van der Waals surface area (Å²) in [5, 5.41) is 12.0. The van der Waals surface area contributed by atoms with E-state index in [1.54, 1.807) is 16.4 Å². The van der Waals surface area contributed by atoms with Gasteiger partial charge in [0, 0.05) is 32.1 Å². The second-order valence-corrected chi connectivity index (χ2v) is 9.04. The van der Waals surface area contributed by atoms with Crippen LogP contribution >= 0.6 is 0 Å². The van der Waals surface area contributed by atoms with Crippen LogP contribution in [0.1, 0.15) is 36.0 Å². The largest absolute Gasteiger partial charge is 0.495 e. The molecule has 1 aromatic heterocycles. The molecule has 9 heteroatoms. The average Bonchev–Trinajstić information content (AvgIpc) is 3.12. The third kappa shape index (κ3) is 3.35. The maximum absolute atomic E-state index is 13.1. The molecular weight excluding hydrogens is 366 g/mol. The highest BCUT2D eigenvalue weighted by atomic mass is 32.2. The zero-order chi connectivity index (χ0) is 19.0. The maximum atomic E-state index is 13.1. The lowest BCUT2D eigenvalue weighted by molar-refractivity contribution is 0.305. The number of nitrogens with one attached hydrogen (secondary N) is 1. The van der Waals surface area contributed by atoms with E-state index in [1.807, 2.05) is 13.0 Å². The summed E-state index contributed by atoms with van der Waals surface area (Å²) in [6.07, 6.45) is 1.50. The van der Waals surface area contributed by atoms with E-state index in [0.29, 0.717) is 18.8 Å². The zero-order valence-corrected chi connectivity index (χ0v) is 16.5. The molecule has 27 heavy (non-hydrogen) atoms. The molecule has 0 aliphatic carbocycles. The minimum Gasteiger partial charge on any atom is -0.495 e. The van der Waals surface area contributed by atoms with Crippen LogP contribution in [0, 0.1) is 6.92 Å². The number of hydrogen-bond donors (Lipinski definition) is 1. The number of rotatable bonds is 4. The van der Waals surface area contributed by atoms with Gasteiger partial charge in [0.15, 0.2) is 0 Å². The molecule has 1 saturated heterocycles. The van der Waals surface area contributed by atoms with E-state index in [9.17, 15) is 8.42 Å². The number of fused-ring (bicyclic) bond motifs is 1. The molecule has 0 spiro atoms. The van der Waals surface area contributed by atoms with Crippen molar-refractivity contribution in [2.24, 2.45) is 0 Å². The van der Waals surface area contributed by atoms with Gasteiger partial charge in [-0.05, 0) is 37.5 Å². The second kappa shape index (κ2) is 7.21. The molecule has 3 heterocycles. The van der Waals surface area contributed by atoms with Crippen LogP contribution < -0.4 is 10.1 Å². The van der Waals surface area contributed by atoms with E-state index in [1.165, 1.54) is 7.11 Å². The van der Waals surface area contributed by atoms with Crippen molar-refractivity contribution < 1.29 is 13.2 Å². The smallest absolute Gasteiger partial charge is 0.246 e. The highest BCUT2D eigenvalue weighted by Gasteiger charge is 2.34. The predicted molar refractivity (Wildman–Crippen MR) is 100 cm³/mol. The Balaban J connectivity index is 1.52. The first kappa shape index (κ1) is 18.4. The first-order valence-corrected chi connectivity index (χ1v) is 10.7. The minimum atomic E-state index is -3.58. The summed E-state index contributed by atoms with van der Waals surface area (Å²) in [5.74, 6) is 2.60. The Labute approximate surface area is 159 Å². The van der Waals surface area contributed by atoms with Crippen LogP contribution in [0.4, 0.5) is 0 Å². The molecule has 4 rings (SSSR count). The highest BCUT2D eigenvalue weighted by Crippen LogP contribution is 2.33. The van der Waals surface area contributed by atoms with Crippen LogP contribution in [0.3, 0.4) is 0 Å². The van der Waals surface area contributed by atoms with Crippen LogP contribution in [-0.4, -0.2) is 54.2 Å². The molecule has 1 aromatic carbocycles. The molecule has 8 nitrogen and oxygen atoms in total. The predicted octanol–water partition coefficient (Wildman–Crippen LogP) is 1.27. The molecule has 2 aliphatic rings. The maximum Gasteiger partial charge on any atom is 0.246 e. The van der Waals surface area contributed by atoms with E-state index >= 15 is 0 Å². The summed E-state index contributed by atoms with van der Waals surface area (Å²) in [7, 11) is -2.08. The minimum absolute atomic E-state index is 0.245. The van der Waals surface area contributed by atoms with E-state index in [2.05, 4.69) is 20.1 Å². The fraction of sp³-hybridized carbons (Fsp3) is 0.556. The van der Waals surface area contributed by atoms with Gasteiger partial charge in [0.1, 0.15) is 22.3 Å². The molecule has 0 bridgehead atoms. The normalized spacial score (nSPS) is 19.0. The third-order valence-corrected chi connectivity index (χ3v) is 7.33. The SMILES string of the molecule is COc1ccc(C)cc1S(=O)(=O)N1CCC(c2nnc3n2CCNC3)CC1. The van der Waals surface area contributed by atoms with Crippen LogP contribution in [0.15, 0.2) is 23.1 Å². The molecule has 2 aromatic rings. The van der Waals surface area contributed by atoms with Crippen molar-refractivity contribution in [3.63, 3.8) is 0 Å². The number of sulfonamides is 1. The number of aromatic nitrogens is 3. The van der Waals surface area contributed by atoms with Gasteiger partial charge in [-0.1, -0.05) is 6.07 Å². The number of methoxy groups -OCH3 is 1. The lowest BCUT2D eigenvalue weighted by Crippen LogP contribution is -2.39. The van der Waals surface area contributed by atoms with Crippen LogP contribution in [0.2, 0.25) is 0 Å². The molecule has 0 saturated carbocycles. The van der Waals surface area contributed by atoms with Gasteiger partial charge in [0.2, 0.25) is 10.0 Å². The Morgan fingerprint density at radius 2 is 1.96 bits per heavy atom. The molecular formula is C18H25N5O3S. The fourth-order valence-corrected chi connectivity index (χ4v) is 5.61. The topological polar surface area (TPSA) is 89.4 Å². The summed E-state index contributed by atoms with van der Waals surface area (Å²) >= 11 is 0. The van der Waals surface area contributed by atoms with Crippen molar-refractivity contribution in [3.8, 4) is 5.75 Å². The molecule has 1 fully saturated rings. The second-order valence-electron chi connectivity index (χ2n) is 7.14. The summed E-state index contributed by atoms with van der Waals surface area (Å²) in [6.45, 7) is 5.37. The van der Waals surface area contributed by atoms with E-state index < -0.39 is 10.0 Å². The van der Waals surface area contributed by atoms with Gasteiger partial charge in [-0.25, -0.2) is 8.42 Å². The fourth-order valence-electron chi connectivity index (χ4n) is 3.90. The molecule has 0 radical (unpaired) electrons. The van der Waals surface area contributed by atoms with E-state index in [4.69, 9.17) is 4.74 Å². The summed E-state index contributed by atoms with van der Waals surface area (Å²) in [4.78, 5) is 0.245. The van der Waals surface area contributed by atoms with Crippen molar-refractivity contribution in [2.45, 2.75) is 43.7 Å². The van der Waals surface area contributed by atoms with Crippen LogP contribution in [0.25, 0.3) is 0 Å². The molecule has 0 unspecified atom stereocenters. The zero-order valence-electron chi connectivity index (χ0n) is 15.7. The summed E-state index contributed by atoms with van der Waals surface area (Å²) in [6, 6.07) is 5.25. The van der Waals surface area contributed by atoms with Crippen LogP contribution in [-0.2, 0) is 23.1 Å². The Morgan fingerprint density at radius 3 is 2.70 bits per heavy atom. The molecule has 0 amide bonds. The van der Waals surface area contributed by atoms with Crippen molar-refractivity contribution >= 4 is 10.0 Å². The van der Waals surface area contributed by atoms with Crippen molar-refractivity contribution in [2.75, 3.05) is 26.7 Å². The quantitative estimate of drug-likeness (QED) is 0.844. The summed E-state index contributed by atoms with van der Waals surface area (Å²) < 4.78 is 35.3. The summed E-state index contributed by atoms with van der Waals surface area (Å²) in [5.41, 5.74) is 0.896. The molecule has 0 atom stereocenters. The van der Waals surface area contributed by atoms with Gasteiger partial charge >= 0.3 is 0 Å². The van der Waals surface area contributed by atoms with Crippen molar-refractivity contribution in [3.05, 3.63) is 35.4 Å². The first-order chi connectivity index (χ1) is 13.0. The average molecular weight is 391 g/mol. The van der Waals surface area contributed by atoms with Gasteiger partial charge in [-0.2, -0.15) is 4.31 Å². The number of nitrogens with zero attached hydrogens (tertiary/aromatic N) is 4. The van der Waals surface area contributed by atoms with Crippen LogP contribution in [0.5, 0.6) is 5.75 Å². The van der Waals surface area contributed by atoms with Crippen molar-refractivity contribution in [1.29, 1.82) is 0 Å². The Hall–Kier alpha value is -1.97. The highest BCUT2D eigenvalue weighted by molar-refractivity contribution is 7.89. The standard InChI is InChI=1S/C18H25N5O3S/c1-13-3-4-15(26-2)16(11-13)27(24,25)22-8-5-14(6-9-22)18-21-20-17-12-19-7-10-23(17)18/h3-4,11,14,19H,5-10,12H2,1-2H3. The van der Waals surface area contributed by atoms with Gasteiger partial charge in [-0.15, -0.1) is 10.2 Å². The van der Waals surface area contributed by atoms with Gasteiger partial charge in [0.05, 0.1) is 13.7 Å². The monoisotopic (exact) mass is 391 g/mol. The lowest BCUT2D eigenvalue weighted by atomic mass is 9.97. The van der Waals surface area contributed by atoms with E-state index in [0.717, 1.165) is 49.7 Å². The number of piperidine rings is 1. The molecule has 146 valence electrons. The number of benzene rings is 1. The molecule has 1 N–H and O–H groups in total. The van der Waals surface area contributed by atoms with Gasteiger partial charge in [-0.3, -0.25) is 0 Å². The Morgan fingerprint density at radius 1 is 1.19 bits per heavy atom. The Kier molecular flexibility index (Phi) is 4.92. The molecule has 2 aliphatic heterocycles.